The number of likely N-dealkylation sites (tertiary alicyclic amines) is 1. The van der Waals surface area contributed by atoms with Crippen molar-refractivity contribution in [1.29, 1.82) is 0 Å². The summed E-state index contributed by atoms with van der Waals surface area (Å²) < 4.78 is 70.6. The van der Waals surface area contributed by atoms with E-state index in [9.17, 15) is 29.4 Å². The zero-order valence-corrected chi connectivity index (χ0v) is 40.2. The molecule has 6 atom stereocenters. The van der Waals surface area contributed by atoms with Crippen molar-refractivity contribution in [2.75, 3.05) is 185 Å². The Hall–Kier alpha value is -2.17. The van der Waals surface area contributed by atoms with Crippen molar-refractivity contribution >= 4 is 35.4 Å². The molecule has 22 nitrogen and oxygen atoms in total. The van der Waals surface area contributed by atoms with E-state index < -0.39 is 29.6 Å². The average molecular weight is 974 g/mol. The summed E-state index contributed by atoms with van der Waals surface area (Å²) in [6.45, 7) is 14.2. The van der Waals surface area contributed by atoms with Gasteiger partial charge in [-0.2, -0.15) is 0 Å². The number of ether oxygens (including phenoxy) is 13. The van der Waals surface area contributed by atoms with E-state index >= 15 is 0 Å². The summed E-state index contributed by atoms with van der Waals surface area (Å²) in [6.07, 6.45) is -1.82. The predicted octanol–water partition coefficient (Wildman–Crippen LogP) is -1.17. The maximum atomic E-state index is 12.8. The maximum absolute atomic E-state index is 12.8. The van der Waals surface area contributed by atoms with Crippen LogP contribution in [0.15, 0.2) is 0 Å². The normalized spacial score (nSPS) is 21.0. The molecule has 0 saturated carbocycles. The second-order valence-corrected chi connectivity index (χ2v) is 16.3. The molecule has 66 heavy (non-hydrogen) atoms. The molecule has 4 N–H and O–H groups in total. The highest BCUT2D eigenvalue weighted by molar-refractivity contribution is 8.00. The number of nitrogens with one attached hydrogen (secondary N) is 2. The molecule has 0 spiro atoms. The first kappa shape index (κ1) is 60.0. The van der Waals surface area contributed by atoms with Gasteiger partial charge in [0, 0.05) is 51.1 Å². The lowest BCUT2D eigenvalue weighted by molar-refractivity contribution is -0.161. The molecule has 2 saturated heterocycles. The van der Waals surface area contributed by atoms with Crippen LogP contribution in [0.2, 0.25) is 0 Å². The van der Waals surface area contributed by atoms with Crippen molar-refractivity contribution in [1.82, 2.24) is 15.5 Å². The first-order valence-corrected chi connectivity index (χ1v) is 24.0. The van der Waals surface area contributed by atoms with Gasteiger partial charge in [0.05, 0.1) is 188 Å². The van der Waals surface area contributed by atoms with Crippen molar-refractivity contribution in [3.05, 3.63) is 0 Å². The van der Waals surface area contributed by atoms with Gasteiger partial charge in [0.25, 0.3) is 0 Å². The predicted molar refractivity (Wildman–Crippen MR) is 239 cm³/mol. The number of rotatable bonds is 45. The minimum absolute atomic E-state index is 0.00553. The van der Waals surface area contributed by atoms with Gasteiger partial charge in [-0.3, -0.25) is 24.1 Å². The number of carbonyl (C=O) groups excluding carboxylic acids is 4. The molecule has 4 amide bonds. The Morgan fingerprint density at radius 2 is 1.05 bits per heavy atom. The number of nitrogens with zero attached hydrogens (tertiary/aromatic N) is 1. The Bertz CT molecular complexity index is 1250. The molecule has 2 rings (SSSR count). The van der Waals surface area contributed by atoms with E-state index in [1.807, 2.05) is 0 Å². The van der Waals surface area contributed by atoms with Crippen LogP contribution in [0.4, 0.5) is 0 Å². The van der Waals surface area contributed by atoms with Gasteiger partial charge in [0.1, 0.15) is 0 Å². The SMILES string of the molecule is COCCOCCOCCOCCOCCOCCOCCOCCOCCOCCOCCOCCNC(=O)CCN1C(=O)CC(SCCC(=O)N[C@@H]2[C@H](O)[C@H](C)[C@@H](CO)O[C@H]2C)C1=O. The second kappa shape index (κ2) is 40.7. The van der Waals surface area contributed by atoms with Crippen LogP contribution >= 0.6 is 11.8 Å². The molecular formula is C43H79N3O19S. The van der Waals surface area contributed by atoms with Crippen molar-refractivity contribution < 1.29 is 91.0 Å². The first-order chi connectivity index (χ1) is 32.2. The van der Waals surface area contributed by atoms with Crippen LogP contribution in [-0.2, 0) is 80.8 Å². The van der Waals surface area contributed by atoms with Crippen molar-refractivity contribution in [2.24, 2.45) is 5.92 Å². The summed E-state index contributed by atoms with van der Waals surface area (Å²) in [6, 6.07) is -0.626. The molecule has 2 heterocycles. The maximum Gasteiger partial charge on any atom is 0.242 e. The zero-order valence-electron chi connectivity index (χ0n) is 39.4. The van der Waals surface area contributed by atoms with E-state index in [1.165, 1.54) is 11.8 Å². The van der Waals surface area contributed by atoms with Gasteiger partial charge in [-0.15, -0.1) is 11.8 Å². The number of aliphatic hydroxyl groups excluding tert-OH is 2. The Morgan fingerprint density at radius 1 is 0.636 bits per heavy atom. The lowest BCUT2D eigenvalue weighted by atomic mass is 9.87. The summed E-state index contributed by atoms with van der Waals surface area (Å²) >= 11 is 1.21. The summed E-state index contributed by atoms with van der Waals surface area (Å²) in [5, 5.41) is 24.9. The first-order valence-electron chi connectivity index (χ1n) is 23.0. The van der Waals surface area contributed by atoms with Crippen molar-refractivity contribution in [3.8, 4) is 0 Å². The minimum atomic E-state index is -0.878. The quantitative estimate of drug-likeness (QED) is 0.0415. The number of aliphatic hydroxyl groups is 2. The molecule has 0 radical (unpaired) electrons. The highest BCUT2D eigenvalue weighted by Crippen LogP contribution is 2.27. The molecule has 0 aromatic carbocycles. The van der Waals surface area contributed by atoms with Gasteiger partial charge in [-0.05, 0) is 6.92 Å². The van der Waals surface area contributed by atoms with Gasteiger partial charge < -0.3 is 82.4 Å². The fourth-order valence-corrected chi connectivity index (χ4v) is 7.42. The van der Waals surface area contributed by atoms with Crippen LogP contribution in [0.5, 0.6) is 0 Å². The van der Waals surface area contributed by atoms with Crippen LogP contribution in [0.3, 0.4) is 0 Å². The molecule has 386 valence electrons. The summed E-state index contributed by atoms with van der Waals surface area (Å²) in [5.41, 5.74) is 0. The van der Waals surface area contributed by atoms with Crippen LogP contribution in [-0.4, -0.2) is 253 Å². The summed E-state index contributed by atoms with van der Waals surface area (Å²) in [5.74, 6) is -1.42. The Kier molecular flexibility index (Phi) is 37.0. The largest absolute Gasteiger partial charge is 0.394 e. The van der Waals surface area contributed by atoms with Crippen molar-refractivity contribution in [3.63, 3.8) is 0 Å². The second-order valence-electron chi connectivity index (χ2n) is 15.0. The number of methoxy groups -OCH3 is 1. The third kappa shape index (κ3) is 29.0. The summed E-state index contributed by atoms with van der Waals surface area (Å²) in [7, 11) is 1.64. The van der Waals surface area contributed by atoms with Crippen LogP contribution in [0.1, 0.15) is 33.1 Å². The van der Waals surface area contributed by atoms with Gasteiger partial charge in [-0.25, -0.2) is 0 Å². The van der Waals surface area contributed by atoms with E-state index in [4.69, 9.17) is 61.6 Å². The highest BCUT2D eigenvalue weighted by Gasteiger charge is 2.42. The summed E-state index contributed by atoms with van der Waals surface area (Å²) in [4.78, 5) is 51.3. The van der Waals surface area contributed by atoms with Gasteiger partial charge >= 0.3 is 0 Å². The van der Waals surface area contributed by atoms with Gasteiger partial charge in [0.2, 0.25) is 23.6 Å². The monoisotopic (exact) mass is 974 g/mol. The molecule has 0 aromatic heterocycles. The fraction of sp³-hybridized carbons (Fsp3) is 0.907. The number of thioether (sulfide) groups is 1. The topological polar surface area (TPSA) is 256 Å². The van der Waals surface area contributed by atoms with Gasteiger partial charge in [-0.1, -0.05) is 6.92 Å². The molecular weight excluding hydrogens is 895 g/mol. The Labute approximate surface area is 394 Å². The molecule has 2 fully saturated rings. The number of amides is 4. The lowest BCUT2D eigenvalue weighted by Crippen LogP contribution is -2.60. The number of imide groups is 1. The van der Waals surface area contributed by atoms with Crippen LogP contribution in [0.25, 0.3) is 0 Å². The van der Waals surface area contributed by atoms with E-state index in [1.54, 1.807) is 21.0 Å². The van der Waals surface area contributed by atoms with Crippen molar-refractivity contribution in [2.45, 2.75) is 62.7 Å². The molecule has 23 heteroatoms. The molecule has 0 aliphatic carbocycles. The Morgan fingerprint density at radius 3 is 1.45 bits per heavy atom. The molecule has 2 aliphatic heterocycles. The number of carbonyl (C=O) groups is 4. The molecule has 1 unspecified atom stereocenters. The third-order valence-corrected chi connectivity index (χ3v) is 11.2. The number of hydrogen-bond acceptors (Lipinski definition) is 20. The van der Waals surface area contributed by atoms with E-state index in [-0.39, 0.29) is 75.1 Å². The van der Waals surface area contributed by atoms with Crippen LogP contribution < -0.4 is 10.6 Å². The Balaban J connectivity index is 1.27. The lowest BCUT2D eigenvalue weighted by Gasteiger charge is -2.42. The standard InChI is InChI=1S/C43H79N3O19S/c1-34-36(33-47)65-35(2)41(42(34)51)45-39(49)5-31-66-37-32-40(50)46(43(37)52)7-4-38(48)44-6-8-54-11-12-56-15-16-58-19-20-60-23-24-62-27-28-64-30-29-63-26-25-61-22-21-59-18-17-57-14-13-55-10-9-53-3/h34-37,41-42,47,51H,4-33H2,1-3H3,(H,44,48)(H,45,49)/t34-,35+,36-,37?,41+,42-/m1/s1. The van der Waals surface area contributed by atoms with E-state index in [0.29, 0.717) is 151 Å². The smallest absolute Gasteiger partial charge is 0.242 e. The zero-order chi connectivity index (χ0) is 47.9. The molecule has 0 bridgehead atoms. The fourth-order valence-electron chi connectivity index (χ4n) is 6.30. The van der Waals surface area contributed by atoms with Crippen LogP contribution in [0, 0.1) is 5.92 Å². The number of hydrogen-bond donors (Lipinski definition) is 4. The molecule has 0 aromatic rings. The highest BCUT2D eigenvalue weighted by atomic mass is 32.2. The molecule has 2 aliphatic rings. The average Bonchev–Trinajstić information content (AvgIpc) is 3.58. The van der Waals surface area contributed by atoms with E-state index in [2.05, 4.69) is 10.6 Å². The van der Waals surface area contributed by atoms with Gasteiger partial charge in [0.15, 0.2) is 0 Å². The van der Waals surface area contributed by atoms with E-state index in [0.717, 1.165) is 4.90 Å². The minimum Gasteiger partial charge on any atom is -0.394 e. The third-order valence-electron chi connectivity index (χ3n) is 10.0.